The van der Waals surface area contributed by atoms with Crippen LogP contribution in [-0.2, 0) is 27.9 Å². The highest BCUT2D eigenvalue weighted by Gasteiger charge is 2.30. The number of nitrogens with one attached hydrogen (secondary N) is 1. The Morgan fingerprint density at radius 2 is 0.735 bits per heavy atom. The first-order chi connectivity index (χ1) is 40.4. The fourth-order valence-electron chi connectivity index (χ4n) is 10.7. The van der Waals surface area contributed by atoms with Crippen LogP contribution in [0.4, 0.5) is 0 Å². The molecule has 10 heteroatoms. The van der Waals surface area contributed by atoms with Crippen molar-refractivity contribution in [2.75, 3.05) is 40.9 Å². The standard InChI is InChI=1S/C73H139N2O7P/c1-7-10-13-16-19-22-25-28-30-32-34-35-36-37-38-39-41-43-45-48-51-54-57-60-63-66-73(77)82-71(64-61-58-55-52-49-46-27-24-21-18-15-12-9-3)70(69-81-83(78,79)80-68-67-75(4,5)6)74-72(76)65-62-59-56-53-50-47-44-42-40-33-31-29-26-23-20-17-14-11-8-2/h19,22,28-31,61,64,70-71H,7-18,20-21,23-27,32-60,62-63,65-69H2,1-6H3,(H-,74,76,78,79)/p+1/b22-19-,30-28-,31-29+,64-61-. The molecule has 0 aliphatic rings. The Hall–Kier alpha value is -2.03. The van der Waals surface area contributed by atoms with Crippen LogP contribution in [0.2, 0.25) is 0 Å². The smallest absolute Gasteiger partial charge is 0.456 e. The van der Waals surface area contributed by atoms with Gasteiger partial charge in [-0.25, -0.2) is 4.57 Å². The fraction of sp³-hybridized carbons (Fsp3) is 0.863. The van der Waals surface area contributed by atoms with Gasteiger partial charge in [0.25, 0.3) is 0 Å². The number of carbonyl (C=O) groups is 2. The third kappa shape index (κ3) is 64.3. The topological polar surface area (TPSA) is 111 Å². The van der Waals surface area contributed by atoms with Crippen LogP contribution in [0.25, 0.3) is 0 Å². The lowest BCUT2D eigenvalue weighted by Crippen LogP contribution is -2.47. The first-order valence-corrected chi connectivity index (χ1v) is 37.5. The molecule has 0 rings (SSSR count). The molecule has 2 N–H and O–H groups in total. The van der Waals surface area contributed by atoms with Crippen molar-refractivity contribution < 1.29 is 37.3 Å². The maximum Gasteiger partial charge on any atom is 0.472 e. The average molecular weight is 1190 g/mol. The van der Waals surface area contributed by atoms with E-state index in [2.05, 4.69) is 62.5 Å². The summed E-state index contributed by atoms with van der Waals surface area (Å²) in [7, 11) is 1.51. The van der Waals surface area contributed by atoms with Gasteiger partial charge >= 0.3 is 13.8 Å². The van der Waals surface area contributed by atoms with E-state index in [4.69, 9.17) is 13.8 Å². The molecule has 0 aromatic carbocycles. The number of ether oxygens (including phenoxy) is 1. The predicted octanol–water partition coefficient (Wildman–Crippen LogP) is 22.8. The van der Waals surface area contributed by atoms with Crippen molar-refractivity contribution in [2.45, 2.75) is 367 Å². The normalized spacial score (nSPS) is 13.8. The molecule has 0 aromatic heterocycles. The zero-order valence-corrected chi connectivity index (χ0v) is 56.8. The summed E-state index contributed by atoms with van der Waals surface area (Å²) in [5.74, 6) is -0.491. The van der Waals surface area contributed by atoms with Gasteiger partial charge in [-0.2, -0.15) is 0 Å². The number of hydrogen-bond acceptors (Lipinski definition) is 6. The van der Waals surface area contributed by atoms with Gasteiger partial charge in [-0.05, 0) is 89.5 Å². The fourth-order valence-corrected chi connectivity index (χ4v) is 11.4. The van der Waals surface area contributed by atoms with Gasteiger partial charge in [0.2, 0.25) is 5.91 Å². The monoisotopic (exact) mass is 1190 g/mol. The van der Waals surface area contributed by atoms with E-state index < -0.39 is 20.0 Å². The molecule has 83 heavy (non-hydrogen) atoms. The van der Waals surface area contributed by atoms with Crippen LogP contribution >= 0.6 is 7.82 Å². The van der Waals surface area contributed by atoms with Gasteiger partial charge in [-0.1, -0.05) is 301 Å². The van der Waals surface area contributed by atoms with Crippen molar-refractivity contribution in [3.05, 3.63) is 48.6 Å². The predicted molar refractivity (Wildman–Crippen MR) is 360 cm³/mol. The van der Waals surface area contributed by atoms with Gasteiger partial charge in [0.1, 0.15) is 19.3 Å². The minimum atomic E-state index is -4.45. The first kappa shape index (κ1) is 81.0. The lowest BCUT2D eigenvalue weighted by Gasteiger charge is -2.27. The number of esters is 1. The number of hydrogen-bond donors (Lipinski definition) is 2. The third-order valence-corrected chi connectivity index (χ3v) is 17.2. The van der Waals surface area contributed by atoms with Gasteiger partial charge in [-0.3, -0.25) is 18.6 Å². The van der Waals surface area contributed by atoms with Gasteiger partial charge in [0.15, 0.2) is 0 Å². The molecule has 0 aliphatic carbocycles. The summed E-state index contributed by atoms with van der Waals surface area (Å²) in [6.07, 6.45) is 79.8. The highest BCUT2D eigenvalue weighted by atomic mass is 31.2. The van der Waals surface area contributed by atoms with Gasteiger partial charge in [0, 0.05) is 12.8 Å². The number of rotatable bonds is 66. The van der Waals surface area contributed by atoms with Crippen molar-refractivity contribution in [1.82, 2.24) is 5.32 Å². The Bertz CT molecular complexity index is 1560. The van der Waals surface area contributed by atoms with Crippen LogP contribution in [0.3, 0.4) is 0 Å². The molecule has 0 aromatic rings. The van der Waals surface area contributed by atoms with E-state index in [1.54, 1.807) is 0 Å². The van der Waals surface area contributed by atoms with Crippen molar-refractivity contribution in [1.29, 1.82) is 0 Å². The maximum atomic E-state index is 13.6. The van der Waals surface area contributed by atoms with Crippen LogP contribution in [0.15, 0.2) is 48.6 Å². The van der Waals surface area contributed by atoms with Crippen LogP contribution < -0.4 is 5.32 Å². The quantitative estimate of drug-likeness (QED) is 0.0205. The average Bonchev–Trinajstić information content (AvgIpc) is 3.46. The summed E-state index contributed by atoms with van der Waals surface area (Å²) in [5.41, 5.74) is 0. The zero-order chi connectivity index (χ0) is 60.7. The van der Waals surface area contributed by atoms with Crippen molar-refractivity contribution >= 4 is 19.7 Å². The van der Waals surface area contributed by atoms with Gasteiger partial charge in [-0.15, -0.1) is 0 Å². The Morgan fingerprint density at radius 1 is 0.422 bits per heavy atom. The maximum absolute atomic E-state index is 13.6. The Kier molecular flexibility index (Phi) is 61.5. The molecule has 0 heterocycles. The highest BCUT2D eigenvalue weighted by molar-refractivity contribution is 7.47. The van der Waals surface area contributed by atoms with Crippen molar-refractivity contribution in [3.63, 3.8) is 0 Å². The second-order valence-electron chi connectivity index (χ2n) is 25.8. The Morgan fingerprint density at radius 3 is 1.12 bits per heavy atom. The minimum Gasteiger partial charge on any atom is -0.456 e. The molecular weight excluding hydrogens is 1050 g/mol. The molecule has 9 nitrogen and oxygen atoms in total. The largest absolute Gasteiger partial charge is 0.472 e. The number of nitrogens with zero attached hydrogens (tertiary/aromatic N) is 1. The lowest BCUT2D eigenvalue weighted by atomic mass is 10.0. The summed E-state index contributed by atoms with van der Waals surface area (Å²) >= 11 is 0. The number of likely N-dealkylation sites (N-methyl/N-ethyl adjacent to an activating group) is 1. The first-order valence-electron chi connectivity index (χ1n) is 36.0. The molecule has 0 spiro atoms. The van der Waals surface area contributed by atoms with E-state index in [0.29, 0.717) is 23.9 Å². The molecule has 488 valence electrons. The number of quaternary nitrogens is 1. The molecule has 1 amide bonds. The summed E-state index contributed by atoms with van der Waals surface area (Å²) in [5, 5.41) is 3.08. The summed E-state index contributed by atoms with van der Waals surface area (Å²) < 4.78 is 30.9. The third-order valence-electron chi connectivity index (χ3n) is 16.2. The van der Waals surface area contributed by atoms with E-state index in [0.717, 1.165) is 64.2 Å². The molecule has 3 unspecified atom stereocenters. The molecule has 0 radical (unpaired) electrons. The number of unbranched alkanes of at least 4 members (excludes halogenated alkanes) is 44. The van der Waals surface area contributed by atoms with E-state index in [1.165, 1.54) is 257 Å². The van der Waals surface area contributed by atoms with E-state index >= 15 is 0 Å². The molecule has 0 fully saturated rings. The van der Waals surface area contributed by atoms with E-state index in [1.807, 2.05) is 33.3 Å². The van der Waals surface area contributed by atoms with Crippen molar-refractivity contribution in [3.8, 4) is 0 Å². The number of phosphoric ester groups is 1. The van der Waals surface area contributed by atoms with Gasteiger partial charge in [0.05, 0.1) is 33.8 Å². The van der Waals surface area contributed by atoms with Crippen LogP contribution in [0, 0.1) is 0 Å². The second-order valence-corrected chi connectivity index (χ2v) is 27.2. The number of carbonyl (C=O) groups excluding carboxylic acids is 2. The van der Waals surface area contributed by atoms with Crippen LogP contribution in [-0.4, -0.2) is 74.3 Å². The zero-order valence-electron chi connectivity index (χ0n) is 56.0. The van der Waals surface area contributed by atoms with Crippen LogP contribution in [0.5, 0.6) is 0 Å². The summed E-state index contributed by atoms with van der Waals surface area (Å²) in [6, 6.07) is -0.849. The highest BCUT2D eigenvalue weighted by Crippen LogP contribution is 2.43. The molecule has 0 saturated heterocycles. The lowest BCUT2D eigenvalue weighted by molar-refractivity contribution is -0.870. The number of allylic oxidation sites excluding steroid dienone is 7. The Balaban J connectivity index is 5.07. The van der Waals surface area contributed by atoms with Gasteiger partial charge < -0.3 is 19.4 Å². The van der Waals surface area contributed by atoms with Crippen LogP contribution in [0.1, 0.15) is 355 Å². The molecule has 0 aliphatic heterocycles. The number of amides is 1. The SMILES string of the molecule is CCCCC/C=C\C/C=C\CCCCCCCCCCCCCCCCCC(=O)OC(/C=C\CCCCCCCCCCCCC)C(COP(=O)(O)OCC[N+](C)(C)C)NC(=O)CCCCCCCCCCC/C=C/CCCCCCCC. The summed E-state index contributed by atoms with van der Waals surface area (Å²) in [4.78, 5) is 37.9. The molecular formula is C73H140N2O7P+. The summed E-state index contributed by atoms with van der Waals surface area (Å²) in [6.45, 7) is 7.04. The molecule has 0 saturated carbocycles. The minimum absolute atomic E-state index is 0.0414. The van der Waals surface area contributed by atoms with Crippen molar-refractivity contribution in [2.24, 2.45) is 0 Å². The molecule has 3 atom stereocenters. The number of phosphoric acid groups is 1. The molecule has 0 bridgehead atoms. The van der Waals surface area contributed by atoms with E-state index in [-0.39, 0.29) is 25.1 Å². The second kappa shape index (κ2) is 63.0. The Labute approximate surface area is 516 Å². The van der Waals surface area contributed by atoms with E-state index in [9.17, 15) is 19.0 Å².